The van der Waals surface area contributed by atoms with Gasteiger partial charge in [0, 0.05) is 42.8 Å². The number of carbonyl (C=O) groups excluding carboxylic acids is 1. The number of nitrogens with two attached hydrogens (primary N) is 1. The lowest BCUT2D eigenvalue weighted by Crippen LogP contribution is -2.24. The first-order valence-corrected chi connectivity index (χ1v) is 11.1. The summed E-state index contributed by atoms with van der Waals surface area (Å²) in [5, 5.41) is 2.95. The second-order valence-corrected chi connectivity index (χ2v) is 8.39. The van der Waals surface area contributed by atoms with Crippen LogP contribution in [0.4, 0.5) is 5.82 Å². The van der Waals surface area contributed by atoms with Crippen LogP contribution in [-0.2, 0) is 19.4 Å². The normalized spacial score (nSPS) is 10.8. The molecule has 172 valence electrons. The molecule has 4 aromatic rings. The molecule has 0 atom stereocenters. The monoisotopic (exact) mass is 453 g/mol. The number of hydrogen-bond donors (Lipinski definition) is 3. The van der Waals surface area contributed by atoms with Crippen molar-refractivity contribution < 1.29 is 4.79 Å². The second-order valence-electron chi connectivity index (χ2n) is 8.39. The van der Waals surface area contributed by atoms with Gasteiger partial charge in [-0.2, -0.15) is 0 Å². The van der Waals surface area contributed by atoms with E-state index in [2.05, 4.69) is 20.3 Å². The molecule has 0 spiro atoms. The number of aromatic nitrogens is 3. The van der Waals surface area contributed by atoms with Gasteiger partial charge in [0.15, 0.2) is 0 Å². The predicted octanol–water partition coefficient (Wildman–Crippen LogP) is 3.48. The minimum atomic E-state index is -0.187. The van der Waals surface area contributed by atoms with Crippen LogP contribution in [0.3, 0.4) is 0 Å². The Morgan fingerprint density at radius 3 is 2.44 bits per heavy atom. The summed E-state index contributed by atoms with van der Waals surface area (Å²) in [6, 6.07) is 15.5. The van der Waals surface area contributed by atoms with E-state index in [1.807, 2.05) is 56.3 Å². The summed E-state index contributed by atoms with van der Waals surface area (Å²) in [7, 11) is 0. The third-order valence-corrected chi connectivity index (χ3v) is 5.78. The first-order valence-electron chi connectivity index (χ1n) is 11.1. The zero-order chi connectivity index (χ0) is 24.1. The summed E-state index contributed by atoms with van der Waals surface area (Å²) in [6.07, 6.45) is 6.21. The van der Waals surface area contributed by atoms with Gasteiger partial charge in [-0.1, -0.05) is 30.3 Å². The highest BCUT2D eigenvalue weighted by Gasteiger charge is 2.11. The number of H-pyrrole nitrogens is 1. The topological polar surface area (TPSA) is 114 Å². The second kappa shape index (κ2) is 10.1. The number of amides is 1. The molecule has 1 amide bonds. The number of carbonyl (C=O) groups is 1. The van der Waals surface area contributed by atoms with Crippen molar-refractivity contribution >= 4 is 11.7 Å². The molecule has 0 aliphatic rings. The van der Waals surface area contributed by atoms with E-state index in [1.165, 1.54) is 0 Å². The SMILES string of the molecule is Cc1cc(N)nc(C)c1CNC(=O)c1cncc(Cc2ccc(Cc3ccc[nH]c3=O)cc2)c1. The lowest BCUT2D eigenvalue weighted by atomic mass is 10.0. The molecule has 7 nitrogen and oxygen atoms in total. The molecule has 0 aliphatic heterocycles. The van der Waals surface area contributed by atoms with Gasteiger partial charge in [0.1, 0.15) is 5.82 Å². The van der Waals surface area contributed by atoms with E-state index in [4.69, 9.17) is 5.73 Å². The fourth-order valence-corrected chi connectivity index (χ4v) is 3.96. The number of hydrogen-bond acceptors (Lipinski definition) is 5. The molecule has 3 aromatic heterocycles. The van der Waals surface area contributed by atoms with Crippen molar-refractivity contribution in [3.05, 3.63) is 122 Å². The molecule has 0 bridgehead atoms. The third kappa shape index (κ3) is 5.56. The Morgan fingerprint density at radius 1 is 1.00 bits per heavy atom. The van der Waals surface area contributed by atoms with Crippen LogP contribution in [0.2, 0.25) is 0 Å². The number of pyridine rings is 3. The Hall–Kier alpha value is -4.26. The van der Waals surface area contributed by atoms with E-state index in [9.17, 15) is 9.59 Å². The van der Waals surface area contributed by atoms with Gasteiger partial charge >= 0.3 is 0 Å². The van der Waals surface area contributed by atoms with Crippen LogP contribution in [0.1, 0.15) is 49.4 Å². The highest BCUT2D eigenvalue weighted by Crippen LogP contribution is 2.16. The fourth-order valence-electron chi connectivity index (χ4n) is 3.96. The minimum Gasteiger partial charge on any atom is -0.384 e. The third-order valence-electron chi connectivity index (χ3n) is 5.78. The van der Waals surface area contributed by atoms with Crippen LogP contribution in [-0.4, -0.2) is 20.9 Å². The van der Waals surface area contributed by atoms with E-state index in [0.29, 0.717) is 30.8 Å². The quantitative estimate of drug-likeness (QED) is 0.396. The highest BCUT2D eigenvalue weighted by atomic mass is 16.1. The van der Waals surface area contributed by atoms with Crippen molar-refractivity contribution in [2.45, 2.75) is 33.2 Å². The fraction of sp³-hybridized carbons (Fsp3) is 0.185. The van der Waals surface area contributed by atoms with Gasteiger partial charge in [0.05, 0.1) is 5.56 Å². The van der Waals surface area contributed by atoms with Crippen LogP contribution < -0.4 is 16.6 Å². The highest BCUT2D eigenvalue weighted by molar-refractivity contribution is 5.94. The lowest BCUT2D eigenvalue weighted by molar-refractivity contribution is 0.0950. The number of nitrogens with zero attached hydrogens (tertiary/aromatic N) is 2. The number of rotatable bonds is 7. The zero-order valence-corrected chi connectivity index (χ0v) is 19.3. The summed E-state index contributed by atoms with van der Waals surface area (Å²) >= 11 is 0. The molecule has 0 saturated heterocycles. The van der Waals surface area contributed by atoms with Crippen molar-refractivity contribution in [2.75, 3.05) is 5.73 Å². The standard InChI is InChI=1S/C27H27N5O2/c1-17-10-25(28)32-18(2)24(17)16-31-27(34)23-13-21(14-29-15-23)11-19-5-7-20(8-6-19)12-22-4-3-9-30-26(22)33/h3-10,13-15H,11-12,16H2,1-2H3,(H2,28,32)(H,30,33)(H,31,34). The van der Waals surface area contributed by atoms with Crippen molar-refractivity contribution in [3.63, 3.8) is 0 Å². The predicted molar refractivity (Wildman–Crippen MR) is 133 cm³/mol. The van der Waals surface area contributed by atoms with Crippen molar-refractivity contribution in [2.24, 2.45) is 0 Å². The van der Waals surface area contributed by atoms with Crippen LogP contribution >= 0.6 is 0 Å². The summed E-state index contributed by atoms with van der Waals surface area (Å²) in [6.45, 7) is 4.22. The maximum absolute atomic E-state index is 12.7. The number of aryl methyl sites for hydroxylation is 2. The number of nitrogen functional groups attached to an aromatic ring is 1. The molecular formula is C27H27N5O2. The van der Waals surface area contributed by atoms with Crippen molar-refractivity contribution in [1.29, 1.82) is 0 Å². The average Bonchev–Trinajstić information content (AvgIpc) is 2.81. The summed E-state index contributed by atoms with van der Waals surface area (Å²) < 4.78 is 0. The Morgan fingerprint density at radius 2 is 1.74 bits per heavy atom. The smallest absolute Gasteiger partial charge is 0.253 e. The summed E-state index contributed by atoms with van der Waals surface area (Å²) in [4.78, 5) is 35.9. The van der Waals surface area contributed by atoms with Crippen LogP contribution in [0.25, 0.3) is 0 Å². The van der Waals surface area contributed by atoms with E-state index >= 15 is 0 Å². The van der Waals surface area contributed by atoms with E-state index < -0.39 is 0 Å². The molecule has 0 unspecified atom stereocenters. The van der Waals surface area contributed by atoms with Crippen LogP contribution in [0, 0.1) is 13.8 Å². The van der Waals surface area contributed by atoms with Gasteiger partial charge in [0.2, 0.25) is 0 Å². The Balaban J connectivity index is 1.40. The van der Waals surface area contributed by atoms with Gasteiger partial charge in [-0.05, 0) is 66.3 Å². The van der Waals surface area contributed by atoms with Gasteiger partial charge in [-0.15, -0.1) is 0 Å². The van der Waals surface area contributed by atoms with E-state index in [1.54, 1.807) is 24.7 Å². The van der Waals surface area contributed by atoms with Crippen molar-refractivity contribution in [3.8, 4) is 0 Å². The van der Waals surface area contributed by atoms with Crippen LogP contribution in [0.15, 0.2) is 71.9 Å². The molecule has 4 rings (SSSR count). The Bertz CT molecular complexity index is 1350. The molecule has 1 aromatic carbocycles. The van der Waals surface area contributed by atoms with Gasteiger partial charge < -0.3 is 16.0 Å². The van der Waals surface area contributed by atoms with Gasteiger partial charge in [0.25, 0.3) is 11.5 Å². The largest absolute Gasteiger partial charge is 0.384 e. The van der Waals surface area contributed by atoms with Gasteiger partial charge in [-0.3, -0.25) is 14.6 Å². The number of anilines is 1. The number of aromatic amines is 1. The Kier molecular flexibility index (Phi) is 6.82. The molecule has 34 heavy (non-hydrogen) atoms. The van der Waals surface area contributed by atoms with Crippen LogP contribution in [0.5, 0.6) is 0 Å². The first kappa shape index (κ1) is 22.9. The average molecular weight is 454 g/mol. The molecule has 4 N–H and O–H groups in total. The van der Waals surface area contributed by atoms with Gasteiger partial charge in [-0.25, -0.2) is 4.98 Å². The Labute approximate surface area is 198 Å². The van der Waals surface area contributed by atoms with E-state index in [-0.39, 0.29) is 11.5 Å². The molecule has 0 saturated carbocycles. The maximum atomic E-state index is 12.7. The summed E-state index contributed by atoms with van der Waals surface area (Å²) in [5.74, 6) is 0.289. The molecule has 7 heteroatoms. The van der Waals surface area contributed by atoms with Crippen molar-refractivity contribution in [1.82, 2.24) is 20.3 Å². The molecule has 0 radical (unpaired) electrons. The molecule has 0 fully saturated rings. The zero-order valence-electron chi connectivity index (χ0n) is 19.3. The lowest BCUT2D eigenvalue weighted by Gasteiger charge is -2.12. The molecule has 3 heterocycles. The molecule has 0 aliphatic carbocycles. The minimum absolute atomic E-state index is 0.0641. The maximum Gasteiger partial charge on any atom is 0.253 e. The summed E-state index contributed by atoms with van der Waals surface area (Å²) in [5.41, 5.74) is 12.8. The first-order chi connectivity index (χ1) is 16.4. The number of benzene rings is 1. The van der Waals surface area contributed by atoms with E-state index in [0.717, 1.165) is 39.1 Å². The number of nitrogens with one attached hydrogen (secondary N) is 2. The molecular weight excluding hydrogens is 426 g/mol.